The van der Waals surface area contributed by atoms with E-state index < -0.39 is 54.6 Å². The maximum atomic E-state index is 12.3. The van der Waals surface area contributed by atoms with Crippen LogP contribution in [0.2, 0.25) is 0 Å². The molecule has 2 rings (SSSR count). The summed E-state index contributed by atoms with van der Waals surface area (Å²) in [5, 5.41) is 50.2. The number of carboxylic acid groups (broad SMARTS) is 3. The van der Waals surface area contributed by atoms with E-state index in [2.05, 4.69) is 0 Å². The zero-order chi connectivity index (χ0) is 28.6. The Hall–Kier alpha value is -3.88. The number of Topliss-reactive ketones (excluding diaryl/α,β-unsaturated/α-hetero) is 1. The van der Waals surface area contributed by atoms with Gasteiger partial charge in [-0.2, -0.15) is 0 Å². The molecule has 0 aliphatic carbocycles. The van der Waals surface area contributed by atoms with E-state index in [1.165, 1.54) is 62.4 Å². The van der Waals surface area contributed by atoms with Crippen molar-refractivity contribution in [2.24, 2.45) is 0 Å². The second-order valence-electron chi connectivity index (χ2n) is 8.37. The molecule has 0 saturated carbocycles. The minimum absolute atomic E-state index is 0. The maximum absolute atomic E-state index is 12.3. The van der Waals surface area contributed by atoms with Crippen molar-refractivity contribution in [2.75, 3.05) is 40.4 Å². The van der Waals surface area contributed by atoms with Crippen LogP contribution in [0.1, 0.15) is 30.1 Å². The van der Waals surface area contributed by atoms with Crippen LogP contribution in [0.5, 0.6) is 23.0 Å². The molecule has 219 valence electrons. The molecule has 1 radical (unpaired) electrons. The summed E-state index contributed by atoms with van der Waals surface area (Å²) < 4.78 is 10.2. The summed E-state index contributed by atoms with van der Waals surface area (Å²) in [6, 6.07) is 4.58. The van der Waals surface area contributed by atoms with Gasteiger partial charge in [-0.05, 0) is 43.3 Å². The Balaban J connectivity index is 0.00000760. The van der Waals surface area contributed by atoms with E-state index in [1.54, 1.807) is 0 Å². The molecule has 0 heterocycles. The topological polar surface area (TPSA) is 226 Å². The number of aliphatic carboxylic acids is 3. The number of benzene rings is 2. The quantitative estimate of drug-likeness (QED) is 0.174. The SMILES string of the molecule is COc1ccc(O)c(C(C(=O)O)N(CCN(CC(C)=O)[C@H](C(=O)O)c2cc(OC)ccc2O)CC(=O)O)c1.O.[Mn+2]. The number of nitrogens with zero attached hydrogens (tertiary/aromatic N) is 2. The standard InChI is InChI=1S/C25H30N2O11.Mn.H2O/c1-14(28)12-26(22(24(33)34)17-10-15(37-2)4-6-19(17)29)8-9-27(13-21(31)32)23(25(35)36)18-11-16(38-3)5-7-20(18)30;;/h4-7,10-11,22-23,29-30H,8-9,12-13H2,1-3H3,(H,31,32)(H,33,34)(H,35,36);;1H2/q;+2;/t22-,23?;;/m0../s1. The molecule has 1 unspecified atom stereocenters. The van der Waals surface area contributed by atoms with Crippen molar-refractivity contribution in [1.82, 2.24) is 9.80 Å². The van der Waals surface area contributed by atoms with Crippen LogP contribution in [0.3, 0.4) is 0 Å². The average molecular weight is 607 g/mol. The number of carboxylic acids is 3. The van der Waals surface area contributed by atoms with Crippen LogP contribution in [0.4, 0.5) is 0 Å². The Kier molecular flexibility index (Phi) is 14.7. The number of aromatic hydroxyl groups is 2. The normalized spacial score (nSPS) is 12.0. The fraction of sp³-hybridized carbons (Fsp3) is 0.360. The van der Waals surface area contributed by atoms with E-state index in [0.29, 0.717) is 0 Å². The molecule has 15 heteroatoms. The van der Waals surface area contributed by atoms with Crippen molar-refractivity contribution in [3.05, 3.63) is 47.5 Å². The van der Waals surface area contributed by atoms with E-state index in [0.717, 1.165) is 4.90 Å². The van der Waals surface area contributed by atoms with Crippen LogP contribution in [0, 0.1) is 0 Å². The number of phenolic OH excluding ortho intramolecular Hbond substituents is 2. The van der Waals surface area contributed by atoms with Gasteiger partial charge in [0.05, 0.1) is 27.3 Å². The molecule has 14 nitrogen and oxygen atoms in total. The predicted molar refractivity (Wildman–Crippen MR) is 135 cm³/mol. The first-order valence-corrected chi connectivity index (χ1v) is 11.3. The number of hydrogen-bond acceptors (Lipinski definition) is 10. The molecule has 0 saturated heterocycles. The van der Waals surface area contributed by atoms with Crippen LogP contribution >= 0.6 is 0 Å². The summed E-state index contributed by atoms with van der Waals surface area (Å²) in [6.45, 7) is -0.613. The Morgan fingerprint density at radius 2 is 1.12 bits per heavy atom. The largest absolute Gasteiger partial charge is 2.00 e. The van der Waals surface area contributed by atoms with E-state index in [1.807, 2.05) is 0 Å². The molecule has 2 aromatic carbocycles. The van der Waals surface area contributed by atoms with Crippen LogP contribution in [0.15, 0.2) is 36.4 Å². The number of rotatable bonds is 15. The van der Waals surface area contributed by atoms with Gasteiger partial charge in [0.1, 0.15) is 40.9 Å². The second-order valence-corrected chi connectivity index (χ2v) is 8.37. The first-order valence-electron chi connectivity index (χ1n) is 11.3. The van der Waals surface area contributed by atoms with Gasteiger partial charge >= 0.3 is 35.0 Å². The van der Waals surface area contributed by atoms with Gasteiger partial charge in [0.15, 0.2) is 0 Å². The first-order chi connectivity index (χ1) is 17.9. The number of carbonyl (C=O) groups is 4. The molecule has 0 spiro atoms. The van der Waals surface area contributed by atoms with Crippen molar-refractivity contribution in [3.8, 4) is 23.0 Å². The van der Waals surface area contributed by atoms with Crippen molar-refractivity contribution in [1.29, 1.82) is 0 Å². The van der Waals surface area contributed by atoms with E-state index in [-0.39, 0.29) is 64.0 Å². The number of hydrogen-bond donors (Lipinski definition) is 5. The van der Waals surface area contributed by atoms with Gasteiger partial charge in [0.25, 0.3) is 0 Å². The van der Waals surface area contributed by atoms with Gasteiger partial charge in [0, 0.05) is 24.2 Å². The van der Waals surface area contributed by atoms with E-state index in [4.69, 9.17) is 9.47 Å². The van der Waals surface area contributed by atoms with E-state index in [9.17, 15) is 44.7 Å². The van der Waals surface area contributed by atoms with Gasteiger partial charge in [-0.15, -0.1) is 0 Å². The number of methoxy groups -OCH3 is 2. The fourth-order valence-electron chi connectivity index (χ4n) is 4.04. The van der Waals surface area contributed by atoms with Crippen molar-refractivity contribution < 1.29 is 76.7 Å². The van der Waals surface area contributed by atoms with E-state index >= 15 is 0 Å². The third kappa shape index (κ3) is 9.39. The smallest absolute Gasteiger partial charge is 0.508 e. The molecule has 0 fully saturated rings. The molecule has 2 atom stereocenters. The molecule has 0 bridgehead atoms. The van der Waals surface area contributed by atoms with Crippen LogP contribution in [0.25, 0.3) is 0 Å². The van der Waals surface area contributed by atoms with Gasteiger partial charge in [0.2, 0.25) is 0 Å². The molecule has 0 aromatic heterocycles. The molecule has 2 aromatic rings. The summed E-state index contributed by atoms with van der Waals surface area (Å²) >= 11 is 0. The average Bonchev–Trinajstić information content (AvgIpc) is 2.83. The van der Waals surface area contributed by atoms with Crippen LogP contribution in [-0.2, 0) is 36.2 Å². The molecular formula is C25H32MnN2O12+2. The molecule has 0 amide bonds. The summed E-state index contributed by atoms with van der Waals surface area (Å²) in [4.78, 5) is 50.5. The van der Waals surface area contributed by atoms with Gasteiger partial charge in [-0.1, -0.05) is 0 Å². The van der Waals surface area contributed by atoms with Gasteiger partial charge < -0.3 is 40.5 Å². The second kappa shape index (κ2) is 16.3. The number of phenols is 2. The molecule has 7 N–H and O–H groups in total. The minimum atomic E-state index is -1.66. The monoisotopic (exact) mass is 607 g/mol. The zero-order valence-corrected chi connectivity index (χ0v) is 23.1. The fourth-order valence-corrected chi connectivity index (χ4v) is 4.04. The minimum Gasteiger partial charge on any atom is -0.508 e. The predicted octanol–water partition coefficient (Wildman–Crippen LogP) is 0.517. The number of ketones is 1. The summed E-state index contributed by atoms with van der Waals surface area (Å²) in [7, 11) is 2.68. The van der Waals surface area contributed by atoms with Crippen molar-refractivity contribution in [2.45, 2.75) is 19.0 Å². The third-order valence-corrected chi connectivity index (χ3v) is 5.70. The Labute approximate surface area is 240 Å². The molecule has 0 aliphatic heterocycles. The first kappa shape index (κ1) is 36.1. The van der Waals surface area contributed by atoms with Crippen LogP contribution < -0.4 is 9.47 Å². The summed E-state index contributed by atoms with van der Waals surface area (Å²) in [5.41, 5.74) is -0.223. The van der Waals surface area contributed by atoms with Gasteiger partial charge in [-0.3, -0.25) is 29.0 Å². The summed E-state index contributed by atoms with van der Waals surface area (Å²) in [5.74, 6) is -5.03. The zero-order valence-electron chi connectivity index (χ0n) is 21.9. The molecular weight excluding hydrogens is 575 g/mol. The van der Waals surface area contributed by atoms with Crippen molar-refractivity contribution in [3.63, 3.8) is 0 Å². The Morgan fingerprint density at radius 3 is 1.43 bits per heavy atom. The number of ether oxygens (including phenoxy) is 2. The third-order valence-electron chi connectivity index (χ3n) is 5.70. The molecule has 40 heavy (non-hydrogen) atoms. The summed E-state index contributed by atoms with van der Waals surface area (Å²) in [6.07, 6.45) is 0. The Bertz CT molecular complexity index is 1100. The Morgan fingerprint density at radius 1 is 0.750 bits per heavy atom. The van der Waals surface area contributed by atoms with Crippen LogP contribution in [-0.4, -0.2) is 105 Å². The maximum Gasteiger partial charge on any atom is 2.00 e. The molecule has 0 aliphatic rings. The number of carbonyl (C=O) groups excluding carboxylic acids is 1. The van der Waals surface area contributed by atoms with Gasteiger partial charge in [-0.25, -0.2) is 0 Å². The van der Waals surface area contributed by atoms with Crippen molar-refractivity contribution >= 4 is 23.7 Å².